The molecule has 8 heteroatoms. The molecule has 0 bridgehead atoms. The fourth-order valence-corrected chi connectivity index (χ4v) is 5.08. The maximum absolute atomic E-state index is 13.0. The van der Waals surface area contributed by atoms with Crippen LogP contribution in [-0.4, -0.2) is 34.7 Å². The monoisotopic (exact) mass is 532 g/mol. The van der Waals surface area contributed by atoms with Crippen LogP contribution in [0.1, 0.15) is 31.2 Å². The van der Waals surface area contributed by atoms with Gasteiger partial charge in [0, 0.05) is 18.7 Å². The summed E-state index contributed by atoms with van der Waals surface area (Å²) < 4.78 is 11.6. The van der Waals surface area contributed by atoms with E-state index in [4.69, 9.17) is 21.7 Å². The van der Waals surface area contributed by atoms with Gasteiger partial charge in [-0.15, -0.1) is 0 Å². The highest BCUT2D eigenvalue weighted by Gasteiger charge is 2.31. The number of hydrogen-bond donors (Lipinski definition) is 1. The van der Waals surface area contributed by atoms with Gasteiger partial charge in [0.2, 0.25) is 5.91 Å². The number of nitrogens with one attached hydrogen (secondary N) is 1. The van der Waals surface area contributed by atoms with Crippen LogP contribution in [-0.2, 0) is 9.59 Å². The summed E-state index contributed by atoms with van der Waals surface area (Å²) in [6.07, 6.45) is 4.61. The molecular weight excluding hydrogens is 504 g/mol. The molecule has 1 aliphatic rings. The summed E-state index contributed by atoms with van der Waals surface area (Å²) in [5.41, 5.74) is 1.61. The van der Waals surface area contributed by atoms with Crippen molar-refractivity contribution in [3.05, 3.63) is 89.3 Å². The first-order chi connectivity index (χ1) is 18.0. The first-order valence-electron chi connectivity index (χ1n) is 12.0. The summed E-state index contributed by atoms with van der Waals surface area (Å²) in [6, 6.07) is 24.4. The third-order valence-corrected chi connectivity index (χ3v) is 7.05. The second-order valence-electron chi connectivity index (χ2n) is 8.41. The van der Waals surface area contributed by atoms with E-state index in [1.54, 1.807) is 12.0 Å². The number of para-hydroxylation sites is 1. The van der Waals surface area contributed by atoms with Gasteiger partial charge in [0.05, 0.1) is 12.0 Å². The minimum absolute atomic E-state index is 0.0304. The molecule has 1 aliphatic heterocycles. The largest absolute Gasteiger partial charge is 0.497 e. The number of hydrogen-bond acceptors (Lipinski definition) is 6. The summed E-state index contributed by atoms with van der Waals surface area (Å²) in [5, 5.41) is 2.89. The smallest absolute Gasteiger partial charge is 0.266 e. The van der Waals surface area contributed by atoms with E-state index in [0.717, 1.165) is 42.0 Å². The number of unbranched alkanes of at least 4 members (excludes halogenated alkanes) is 2. The average Bonchev–Trinajstić information content (AvgIpc) is 3.17. The van der Waals surface area contributed by atoms with Crippen LogP contribution < -0.4 is 14.8 Å². The van der Waals surface area contributed by atoms with Gasteiger partial charge in [-0.1, -0.05) is 60.7 Å². The minimum atomic E-state index is -0.0818. The minimum Gasteiger partial charge on any atom is -0.497 e. The van der Waals surface area contributed by atoms with Crippen LogP contribution in [0.4, 0.5) is 5.69 Å². The number of rotatable bonds is 11. The molecule has 1 saturated heterocycles. The van der Waals surface area contributed by atoms with Gasteiger partial charge in [-0.2, -0.15) is 0 Å². The summed E-state index contributed by atoms with van der Waals surface area (Å²) >= 11 is 6.78. The molecule has 1 heterocycles. The zero-order chi connectivity index (χ0) is 26.0. The first-order valence-corrected chi connectivity index (χ1v) is 13.3. The molecule has 3 aromatic rings. The number of nitrogens with zero attached hydrogens (tertiary/aromatic N) is 1. The molecule has 1 fully saturated rings. The number of thioether (sulfide) groups is 1. The number of ether oxygens (including phenoxy) is 2. The van der Waals surface area contributed by atoms with Crippen molar-refractivity contribution in [1.82, 2.24) is 4.90 Å². The molecule has 0 atom stereocenters. The van der Waals surface area contributed by atoms with Gasteiger partial charge in [-0.25, -0.2) is 0 Å². The Hall–Kier alpha value is -3.62. The topological polar surface area (TPSA) is 67.9 Å². The van der Waals surface area contributed by atoms with E-state index in [1.165, 1.54) is 11.8 Å². The Kier molecular flexibility index (Phi) is 9.35. The van der Waals surface area contributed by atoms with Crippen molar-refractivity contribution < 1.29 is 19.1 Å². The van der Waals surface area contributed by atoms with Crippen LogP contribution in [0.5, 0.6) is 17.2 Å². The average molecular weight is 533 g/mol. The lowest BCUT2D eigenvalue weighted by Crippen LogP contribution is -2.29. The lowest BCUT2D eigenvalue weighted by molar-refractivity contribution is -0.122. The third kappa shape index (κ3) is 7.68. The maximum atomic E-state index is 13.0. The number of benzene rings is 3. The lowest BCUT2D eigenvalue weighted by Gasteiger charge is -2.14. The Morgan fingerprint density at radius 1 is 0.946 bits per heavy atom. The Morgan fingerprint density at radius 3 is 2.46 bits per heavy atom. The van der Waals surface area contributed by atoms with E-state index in [9.17, 15) is 9.59 Å². The highest BCUT2D eigenvalue weighted by molar-refractivity contribution is 8.26. The molecular formula is C29H28N2O4S2. The third-order valence-electron chi connectivity index (χ3n) is 5.67. The number of thiocarbonyl (C=S) groups is 1. The van der Waals surface area contributed by atoms with Crippen molar-refractivity contribution in [3.8, 4) is 17.2 Å². The normalized spacial score (nSPS) is 14.2. The van der Waals surface area contributed by atoms with E-state index in [0.29, 0.717) is 27.9 Å². The molecule has 0 spiro atoms. The predicted molar refractivity (Wildman–Crippen MR) is 153 cm³/mol. The Labute approximate surface area is 226 Å². The van der Waals surface area contributed by atoms with Gasteiger partial charge in [0.25, 0.3) is 5.91 Å². The van der Waals surface area contributed by atoms with Crippen LogP contribution >= 0.6 is 24.0 Å². The molecule has 37 heavy (non-hydrogen) atoms. The molecule has 0 aromatic heterocycles. The highest BCUT2D eigenvalue weighted by atomic mass is 32.2. The van der Waals surface area contributed by atoms with Gasteiger partial charge in [0.15, 0.2) is 0 Å². The Morgan fingerprint density at radius 2 is 1.70 bits per heavy atom. The fraction of sp³-hybridized carbons (Fsp3) is 0.207. The van der Waals surface area contributed by atoms with Crippen LogP contribution in [0.25, 0.3) is 6.08 Å². The van der Waals surface area contributed by atoms with E-state index in [-0.39, 0.29) is 11.8 Å². The molecule has 0 radical (unpaired) electrons. The Balaban J connectivity index is 1.23. The van der Waals surface area contributed by atoms with Crippen LogP contribution in [0.15, 0.2) is 83.8 Å². The van der Waals surface area contributed by atoms with E-state index >= 15 is 0 Å². The number of methoxy groups -OCH3 is 1. The maximum Gasteiger partial charge on any atom is 0.266 e. The van der Waals surface area contributed by atoms with Crippen LogP contribution in [0.2, 0.25) is 0 Å². The molecule has 0 aliphatic carbocycles. The first kappa shape index (κ1) is 26.4. The zero-order valence-electron chi connectivity index (χ0n) is 20.5. The van der Waals surface area contributed by atoms with Gasteiger partial charge < -0.3 is 14.8 Å². The van der Waals surface area contributed by atoms with Crippen LogP contribution in [0, 0.1) is 0 Å². The second kappa shape index (κ2) is 13.1. The lowest BCUT2D eigenvalue weighted by atomic mass is 10.1. The zero-order valence-corrected chi connectivity index (χ0v) is 22.1. The van der Waals surface area contributed by atoms with E-state index in [2.05, 4.69) is 5.32 Å². The summed E-state index contributed by atoms with van der Waals surface area (Å²) in [7, 11) is 1.60. The molecule has 0 unspecified atom stereocenters. The highest BCUT2D eigenvalue weighted by Crippen LogP contribution is 2.33. The Bertz CT molecular complexity index is 1280. The number of carbonyl (C=O) groups is 2. The standard InChI is InChI=1S/C29H28N2O4S2/c1-34-23-16-14-22(15-17-23)30-27(32)13-6-3-7-18-31-28(33)26(37-29(31)36)20-21-9-8-12-25(19-21)35-24-10-4-2-5-11-24/h2,4-5,8-12,14-17,19-20H,3,6-7,13,18H2,1H3,(H,30,32)/b26-20-. The quantitative estimate of drug-likeness (QED) is 0.165. The van der Waals surface area contributed by atoms with Crippen molar-refractivity contribution in [1.29, 1.82) is 0 Å². The molecule has 2 amide bonds. The number of carbonyl (C=O) groups excluding carboxylic acids is 2. The SMILES string of the molecule is COc1ccc(NC(=O)CCCCCN2C(=O)/C(=C/c3cccc(Oc4ccccc4)c3)SC2=S)cc1. The summed E-state index contributed by atoms with van der Waals surface area (Å²) in [4.78, 5) is 27.4. The van der Waals surface area contributed by atoms with Crippen molar-refractivity contribution in [2.45, 2.75) is 25.7 Å². The van der Waals surface area contributed by atoms with Crippen LogP contribution in [0.3, 0.4) is 0 Å². The molecule has 3 aromatic carbocycles. The predicted octanol–water partition coefficient (Wildman–Crippen LogP) is 6.89. The van der Waals surface area contributed by atoms with Crippen molar-refractivity contribution >= 4 is 51.9 Å². The van der Waals surface area contributed by atoms with Crippen molar-refractivity contribution in [3.63, 3.8) is 0 Å². The van der Waals surface area contributed by atoms with Gasteiger partial charge in [-0.3, -0.25) is 14.5 Å². The second-order valence-corrected chi connectivity index (χ2v) is 10.1. The molecule has 4 rings (SSSR count). The van der Waals surface area contributed by atoms with Gasteiger partial charge in [0.1, 0.15) is 21.6 Å². The molecule has 1 N–H and O–H groups in total. The van der Waals surface area contributed by atoms with Crippen molar-refractivity contribution in [2.24, 2.45) is 0 Å². The molecule has 6 nitrogen and oxygen atoms in total. The van der Waals surface area contributed by atoms with Crippen molar-refractivity contribution in [2.75, 3.05) is 19.0 Å². The van der Waals surface area contributed by atoms with Gasteiger partial charge >= 0.3 is 0 Å². The fourth-order valence-electron chi connectivity index (χ4n) is 3.77. The van der Waals surface area contributed by atoms with E-state index < -0.39 is 0 Å². The molecule has 0 saturated carbocycles. The summed E-state index contributed by atoms with van der Waals surface area (Å²) in [5.74, 6) is 2.09. The number of amides is 2. The number of anilines is 1. The summed E-state index contributed by atoms with van der Waals surface area (Å²) in [6.45, 7) is 0.541. The van der Waals surface area contributed by atoms with Gasteiger partial charge in [-0.05, 0) is 73.0 Å². The van der Waals surface area contributed by atoms with E-state index in [1.807, 2.05) is 84.9 Å². The molecule has 190 valence electrons.